The van der Waals surface area contributed by atoms with Gasteiger partial charge in [-0.15, -0.1) is 0 Å². The van der Waals surface area contributed by atoms with E-state index in [9.17, 15) is 9.18 Å². The van der Waals surface area contributed by atoms with Crippen molar-refractivity contribution in [1.29, 1.82) is 0 Å². The molecule has 0 bridgehead atoms. The molecular weight excluding hydrogens is 385 g/mol. The van der Waals surface area contributed by atoms with Crippen LogP contribution in [0.2, 0.25) is 0 Å². The Bertz CT molecular complexity index is 931. The second-order valence-electron chi connectivity index (χ2n) is 6.33. The van der Waals surface area contributed by atoms with Crippen LogP contribution in [0.3, 0.4) is 0 Å². The topological polar surface area (TPSA) is 49.0 Å². The summed E-state index contributed by atoms with van der Waals surface area (Å²) < 4.78 is 14.1. The number of carbonyl (C=O) groups excluding carboxylic acids is 1. The molecule has 1 N–H and O–H groups in total. The molecule has 1 amide bonds. The van der Waals surface area contributed by atoms with E-state index in [-0.39, 0.29) is 17.6 Å². The summed E-state index contributed by atoms with van der Waals surface area (Å²) in [6, 6.07) is 12.1. The van der Waals surface area contributed by atoms with Gasteiger partial charge in [0.2, 0.25) is 0 Å². The Balaban J connectivity index is 1.47. The first-order valence-corrected chi connectivity index (χ1v) is 9.10. The van der Waals surface area contributed by atoms with Gasteiger partial charge in [-0.25, -0.2) is 9.37 Å². The molecule has 1 saturated heterocycles. The summed E-state index contributed by atoms with van der Waals surface area (Å²) in [5.41, 5.74) is 2.20. The Morgan fingerprint density at radius 2 is 1.96 bits per heavy atom. The lowest BCUT2D eigenvalue weighted by Gasteiger charge is -2.31. The maximum atomic E-state index is 13.3. The number of likely N-dealkylation sites (tertiary alicyclic amines) is 1. The maximum Gasteiger partial charge on any atom is 0.254 e. The molecule has 3 aromatic rings. The summed E-state index contributed by atoms with van der Waals surface area (Å²) in [6.45, 7) is 1.38. The molecule has 2 aromatic carbocycles. The van der Waals surface area contributed by atoms with Crippen LogP contribution in [0.15, 0.2) is 46.9 Å². The molecule has 0 atom stereocenters. The summed E-state index contributed by atoms with van der Waals surface area (Å²) in [5, 5.41) is 0. The Hall–Kier alpha value is -2.21. The first kappa shape index (κ1) is 16.3. The van der Waals surface area contributed by atoms with E-state index in [0.717, 1.165) is 34.2 Å². The van der Waals surface area contributed by atoms with E-state index in [1.807, 2.05) is 29.2 Å². The standard InChI is InChI=1S/C19H17BrFN3O/c20-15-4-2-1-3-14(15)19(25)24-9-7-12(8-10-24)18-22-16-6-5-13(21)11-17(16)23-18/h1-6,11-12H,7-10H2,(H,22,23). The molecule has 0 saturated carbocycles. The van der Waals surface area contributed by atoms with Gasteiger partial charge in [0.05, 0.1) is 16.6 Å². The normalized spacial score (nSPS) is 15.7. The number of H-pyrrole nitrogens is 1. The van der Waals surface area contributed by atoms with Gasteiger partial charge in [-0.1, -0.05) is 12.1 Å². The Morgan fingerprint density at radius 3 is 2.72 bits per heavy atom. The number of hydrogen-bond donors (Lipinski definition) is 1. The molecule has 1 aliphatic heterocycles. The lowest BCUT2D eigenvalue weighted by atomic mass is 9.95. The second-order valence-corrected chi connectivity index (χ2v) is 7.18. The molecular formula is C19H17BrFN3O. The number of carbonyl (C=O) groups is 1. The number of amides is 1. The maximum absolute atomic E-state index is 13.3. The number of benzene rings is 2. The highest BCUT2D eigenvalue weighted by molar-refractivity contribution is 9.10. The highest BCUT2D eigenvalue weighted by Gasteiger charge is 2.27. The van der Waals surface area contributed by atoms with Crippen molar-refractivity contribution in [1.82, 2.24) is 14.9 Å². The van der Waals surface area contributed by atoms with Crippen LogP contribution in [0.25, 0.3) is 11.0 Å². The molecule has 128 valence electrons. The van der Waals surface area contributed by atoms with E-state index in [0.29, 0.717) is 18.7 Å². The van der Waals surface area contributed by atoms with Gasteiger partial charge in [-0.05, 0) is 59.1 Å². The smallest absolute Gasteiger partial charge is 0.254 e. The van der Waals surface area contributed by atoms with Crippen LogP contribution < -0.4 is 0 Å². The van der Waals surface area contributed by atoms with Crippen molar-refractivity contribution in [2.75, 3.05) is 13.1 Å². The number of rotatable bonds is 2. The fourth-order valence-corrected chi connectivity index (χ4v) is 3.81. The molecule has 0 unspecified atom stereocenters. The molecule has 0 radical (unpaired) electrons. The van der Waals surface area contributed by atoms with Crippen LogP contribution in [0.4, 0.5) is 4.39 Å². The van der Waals surface area contributed by atoms with Crippen molar-refractivity contribution < 1.29 is 9.18 Å². The number of imidazole rings is 1. The summed E-state index contributed by atoms with van der Waals surface area (Å²) >= 11 is 3.44. The van der Waals surface area contributed by atoms with Crippen molar-refractivity contribution in [2.45, 2.75) is 18.8 Å². The molecule has 1 fully saturated rings. The van der Waals surface area contributed by atoms with E-state index in [2.05, 4.69) is 25.9 Å². The third-order valence-corrected chi connectivity index (χ3v) is 5.43. The molecule has 0 spiro atoms. The number of aromatic amines is 1. The fourth-order valence-electron chi connectivity index (χ4n) is 3.36. The van der Waals surface area contributed by atoms with Crippen molar-refractivity contribution in [3.8, 4) is 0 Å². The van der Waals surface area contributed by atoms with Gasteiger partial charge in [0.25, 0.3) is 5.91 Å². The fraction of sp³-hybridized carbons (Fsp3) is 0.263. The number of nitrogens with zero attached hydrogens (tertiary/aromatic N) is 2. The summed E-state index contributed by atoms with van der Waals surface area (Å²) in [6.07, 6.45) is 1.69. The quantitative estimate of drug-likeness (QED) is 0.687. The van der Waals surface area contributed by atoms with Crippen LogP contribution in [0.1, 0.15) is 34.9 Å². The highest BCUT2D eigenvalue weighted by atomic mass is 79.9. The first-order valence-electron chi connectivity index (χ1n) is 8.31. The van der Waals surface area contributed by atoms with E-state index in [1.165, 1.54) is 12.1 Å². The van der Waals surface area contributed by atoms with Crippen LogP contribution in [-0.4, -0.2) is 33.9 Å². The molecule has 2 heterocycles. The Morgan fingerprint density at radius 1 is 1.20 bits per heavy atom. The van der Waals surface area contributed by atoms with Gasteiger partial charge < -0.3 is 9.88 Å². The lowest BCUT2D eigenvalue weighted by Crippen LogP contribution is -2.38. The van der Waals surface area contributed by atoms with Crippen molar-refractivity contribution in [2.24, 2.45) is 0 Å². The van der Waals surface area contributed by atoms with Gasteiger partial charge in [0.15, 0.2) is 0 Å². The van der Waals surface area contributed by atoms with Gasteiger partial charge in [0, 0.05) is 23.5 Å². The van der Waals surface area contributed by atoms with Gasteiger partial charge in [-0.2, -0.15) is 0 Å². The van der Waals surface area contributed by atoms with Gasteiger partial charge >= 0.3 is 0 Å². The second kappa shape index (κ2) is 6.59. The number of halogens is 2. The van der Waals surface area contributed by atoms with E-state index in [1.54, 1.807) is 6.07 Å². The molecule has 0 aliphatic carbocycles. The predicted octanol–water partition coefficient (Wildman–Crippen LogP) is 4.48. The number of nitrogens with one attached hydrogen (secondary N) is 1. The summed E-state index contributed by atoms with van der Waals surface area (Å²) in [7, 11) is 0. The molecule has 4 rings (SSSR count). The SMILES string of the molecule is O=C(c1ccccc1Br)N1CCC(c2nc3ccc(F)cc3[nH]2)CC1. The zero-order chi connectivity index (χ0) is 17.4. The third-order valence-electron chi connectivity index (χ3n) is 4.74. The summed E-state index contributed by atoms with van der Waals surface area (Å²) in [5.74, 6) is 0.932. The largest absolute Gasteiger partial charge is 0.342 e. The molecule has 4 nitrogen and oxygen atoms in total. The van der Waals surface area contributed by atoms with Crippen LogP contribution in [0, 0.1) is 5.82 Å². The predicted molar refractivity (Wildman–Crippen MR) is 98.1 cm³/mol. The van der Waals surface area contributed by atoms with Crippen molar-refractivity contribution in [3.63, 3.8) is 0 Å². The van der Waals surface area contributed by atoms with E-state index >= 15 is 0 Å². The molecule has 25 heavy (non-hydrogen) atoms. The van der Waals surface area contributed by atoms with E-state index < -0.39 is 0 Å². The van der Waals surface area contributed by atoms with Gasteiger partial charge in [0.1, 0.15) is 11.6 Å². The van der Waals surface area contributed by atoms with Crippen LogP contribution in [0.5, 0.6) is 0 Å². The lowest BCUT2D eigenvalue weighted by molar-refractivity contribution is 0.0710. The minimum atomic E-state index is -0.267. The number of aromatic nitrogens is 2. The monoisotopic (exact) mass is 401 g/mol. The number of hydrogen-bond acceptors (Lipinski definition) is 2. The highest BCUT2D eigenvalue weighted by Crippen LogP contribution is 2.29. The molecule has 1 aliphatic rings. The summed E-state index contributed by atoms with van der Waals surface area (Å²) in [4.78, 5) is 22.4. The van der Waals surface area contributed by atoms with E-state index in [4.69, 9.17) is 0 Å². The van der Waals surface area contributed by atoms with Crippen molar-refractivity contribution in [3.05, 3.63) is 64.1 Å². The zero-order valence-electron chi connectivity index (χ0n) is 13.5. The number of piperidine rings is 1. The Labute approximate surface area is 153 Å². The van der Waals surface area contributed by atoms with Crippen LogP contribution in [-0.2, 0) is 0 Å². The Kier molecular flexibility index (Phi) is 4.29. The average Bonchev–Trinajstić information content (AvgIpc) is 3.05. The minimum absolute atomic E-state index is 0.0533. The third kappa shape index (κ3) is 3.18. The molecule has 6 heteroatoms. The van der Waals surface area contributed by atoms with Crippen molar-refractivity contribution >= 4 is 32.9 Å². The number of fused-ring (bicyclic) bond motifs is 1. The molecule has 1 aromatic heterocycles. The van der Waals surface area contributed by atoms with Gasteiger partial charge in [-0.3, -0.25) is 4.79 Å². The average molecular weight is 402 g/mol. The minimum Gasteiger partial charge on any atom is -0.342 e. The van der Waals surface area contributed by atoms with Crippen LogP contribution >= 0.6 is 15.9 Å². The zero-order valence-corrected chi connectivity index (χ0v) is 15.1. The first-order chi connectivity index (χ1) is 12.1.